The van der Waals surface area contributed by atoms with Gasteiger partial charge < -0.3 is 10.2 Å². The first-order valence-corrected chi connectivity index (χ1v) is 21.2. The molecule has 16 heteroatoms. The molecule has 0 heterocycles. The fourth-order valence-corrected chi connectivity index (χ4v) is 17.9. The van der Waals surface area contributed by atoms with Gasteiger partial charge in [-0.1, -0.05) is 70.8 Å². The standard InChI is InChI=1S/C34H40N2O10S4/c1-25-5-13-29(14-6-25)47(39,40)33(35,48(41,42)30-15-7-26(2)8-16-30)34(36(21-23-37)22-24-38,49(43,44)31-17-9-27(3)10-18-31)50(45,46)32-19-11-28(4)12-20-32/h5-20,37-38H,21-24,35H2,1-4H3. The Hall–Kier alpha value is -3.48. The highest BCUT2D eigenvalue weighted by Crippen LogP contribution is 2.52. The average Bonchev–Trinajstić information content (AvgIpc) is 3.05. The zero-order chi connectivity index (χ0) is 37.3. The number of sulfone groups is 4. The number of aliphatic hydroxyl groups excluding tert-OH is 2. The molecule has 0 atom stereocenters. The topological polar surface area (TPSA) is 206 Å². The van der Waals surface area contributed by atoms with Crippen LogP contribution < -0.4 is 5.73 Å². The van der Waals surface area contributed by atoms with Crippen molar-refractivity contribution in [3.8, 4) is 0 Å². The third-order valence-electron chi connectivity index (χ3n) is 8.45. The van der Waals surface area contributed by atoms with Gasteiger partial charge in [0, 0.05) is 13.1 Å². The van der Waals surface area contributed by atoms with Crippen LogP contribution >= 0.6 is 0 Å². The number of hydrogen-bond acceptors (Lipinski definition) is 12. The van der Waals surface area contributed by atoms with Gasteiger partial charge >= 0.3 is 0 Å². The van der Waals surface area contributed by atoms with Crippen LogP contribution in [0.4, 0.5) is 0 Å². The van der Waals surface area contributed by atoms with Crippen molar-refractivity contribution in [2.45, 2.75) is 55.7 Å². The van der Waals surface area contributed by atoms with Crippen LogP contribution in [0.5, 0.6) is 0 Å². The SMILES string of the molecule is Cc1ccc(S(=O)(=O)C(N)(C(N(CCO)CCO)(S(=O)(=O)c2ccc(C)cc2)S(=O)(=O)c2ccc(C)cc2)S(=O)(=O)c2ccc(C)cc2)cc1. The van der Waals surface area contributed by atoms with Gasteiger partial charge in [-0.05, 0) is 76.2 Å². The molecular weight excluding hydrogens is 725 g/mol. The Morgan fingerprint density at radius 1 is 0.460 bits per heavy atom. The van der Waals surface area contributed by atoms with E-state index in [-0.39, 0.29) is 0 Å². The number of rotatable bonds is 14. The molecule has 0 aliphatic heterocycles. The van der Waals surface area contributed by atoms with Gasteiger partial charge in [0.05, 0.1) is 32.8 Å². The Balaban J connectivity index is 2.46. The van der Waals surface area contributed by atoms with Gasteiger partial charge in [-0.15, -0.1) is 0 Å². The Bertz CT molecular complexity index is 2120. The minimum atomic E-state index is -5.86. The van der Waals surface area contributed by atoms with Crippen molar-refractivity contribution < 1.29 is 43.9 Å². The summed E-state index contributed by atoms with van der Waals surface area (Å²) in [5, 5.41) is 20.6. The highest BCUT2D eigenvalue weighted by molar-refractivity contribution is 8.17. The molecule has 0 amide bonds. The number of hydrogen-bond donors (Lipinski definition) is 3. The Morgan fingerprint density at radius 3 is 0.900 bits per heavy atom. The first kappa shape index (κ1) is 39.3. The van der Waals surface area contributed by atoms with Gasteiger partial charge in [0.2, 0.25) is 39.3 Å². The summed E-state index contributed by atoms with van der Waals surface area (Å²) in [5.41, 5.74) is 9.07. The summed E-state index contributed by atoms with van der Waals surface area (Å²) < 4.78 is 115. The molecular formula is C34H40N2O10S4. The van der Waals surface area contributed by atoms with E-state index in [1.807, 2.05) is 0 Å². The van der Waals surface area contributed by atoms with Crippen LogP contribution in [-0.4, -0.2) is 83.5 Å². The molecule has 0 bridgehead atoms. The van der Waals surface area contributed by atoms with E-state index in [9.17, 15) is 10.2 Å². The summed E-state index contributed by atoms with van der Waals surface area (Å²) in [6.45, 7) is 2.56. The van der Waals surface area contributed by atoms with Crippen molar-refractivity contribution in [2.24, 2.45) is 5.73 Å². The highest BCUT2D eigenvalue weighted by Gasteiger charge is 2.81. The molecule has 0 unspecified atom stereocenters. The highest BCUT2D eigenvalue weighted by atomic mass is 32.3. The fraction of sp³-hybridized carbons (Fsp3) is 0.294. The number of aryl methyl sites for hydroxylation is 4. The minimum absolute atomic E-state index is 0.425. The van der Waals surface area contributed by atoms with E-state index >= 15 is 33.7 Å². The van der Waals surface area contributed by atoms with Crippen LogP contribution in [-0.2, 0) is 39.3 Å². The summed E-state index contributed by atoms with van der Waals surface area (Å²) in [7, 11) is -23.4. The largest absolute Gasteiger partial charge is 0.395 e. The predicted octanol–water partition coefficient (Wildman–Crippen LogP) is 2.67. The molecule has 0 aromatic heterocycles. The summed E-state index contributed by atoms with van der Waals surface area (Å²) in [4.78, 5) is -2.73. The van der Waals surface area contributed by atoms with Crippen LogP contribution in [0.2, 0.25) is 0 Å². The first-order valence-electron chi connectivity index (χ1n) is 15.3. The van der Waals surface area contributed by atoms with Crippen LogP contribution in [0.3, 0.4) is 0 Å². The van der Waals surface area contributed by atoms with Crippen molar-refractivity contribution in [3.63, 3.8) is 0 Å². The van der Waals surface area contributed by atoms with E-state index in [0.717, 1.165) is 48.5 Å². The summed E-state index contributed by atoms with van der Waals surface area (Å²) >= 11 is 0. The molecule has 0 radical (unpaired) electrons. The third kappa shape index (κ3) is 6.11. The van der Waals surface area contributed by atoms with Gasteiger partial charge in [0.25, 0.3) is 8.41 Å². The Kier molecular flexibility index (Phi) is 11.2. The zero-order valence-electron chi connectivity index (χ0n) is 27.9. The second kappa shape index (κ2) is 14.3. The van der Waals surface area contributed by atoms with Crippen LogP contribution in [0.1, 0.15) is 22.3 Å². The Labute approximate surface area is 293 Å². The molecule has 4 aromatic carbocycles. The van der Waals surface area contributed by atoms with Crippen molar-refractivity contribution in [2.75, 3.05) is 26.3 Å². The molecule has 50 heavy (non-hydrogen) atoms. The van der Waals surface area contributed by atoms with Gasteiger partial charge in [-0.3, -0.25) is 10.6 Å². The van der Waals surface area contributed by atoms with E-state index in [1.54, 1.807) is 27.7 Å². The van der Waals surface area contributed by atoms with Crippen molar-refractivity contribution in [1.29, 1.82) is 0 Å². The summed E-state index contributed by atoms with van der Waals surface area (Å²) in [6.07, 6.45) is 0. The van der Waals surface area contributed by atoms with Crippen LogP contribution in [0.25, 0.3) is 0 Å². The average molecular weight is 765 g/mol. The van der Waals surface area contributed by atoms with E-state index in [4.69, 9.17) is 5.73 Å². The summed E-state index contributed by atoms with van der Waals surface area (Å²) in [5.74, 6) is 0. The van der Waals surface area contributed by atoms with Crippen LogP contribution in [0.15, 0.2) is 117 Å². The van der Waals surface area contributed by atoms with Crippen LogP contribution in [0, 0.1) is 27.7 Å². The molecule has 0 saturated carbocycles. The normalized spacial score (nSPS) is 13.4. The van der Waals surface area contributed by atoms with E-state index in [2.05, 4.69) is 0 Å². The van der Waals surface area contributed by atoms with Crippen molar-refractivity contribution >= 4 is 39.3 Å². The maximum absolute atomic E-state index is 15.6. The van der Waals surface area contributed by atoms with Crippen molar-refractivity contribution in [3.05, 3.63) is 119 Å². The molecule has 4 aromatic rings. The van der Waals surface area contributed by atoms with Gasteiger partial charge in [0.1, 0.15) is 0 Å². The predicted molar refractivity (Wildman–Crippen MR) is 189 cm³/mol. The quantitative estimate of drug-likeness (QED) is 0.170. The molecule has 12 nitrogen and oxygen atoms in total. The molecule has 4 rings (SSSR count). The molecule has 0 saturated heterocycles. The number of nitrogens with two attached hydrogens (primary N) is 1. The molecule has 4 N–H and O–H groups in total. The first-order chi connectivity index (χ1) is 23.3. The maximum atomic E-state index is 15.6. The second-order valence-electron chi connectivity index (χ2n) is 11.9. The van der Waals surface area contributed by atoms with Gasteiger partial charge in [-0.25, -0.2) is 33.7 Å². The molecule has 0 spiro atoms. The second-order valence-corrected chi connectivity index (χ2v) is 20.8. The third-order valence-corrected chi connectivity index (χ3v) is 20.0. The van der Waals surface area contributed by atoms with Gasteiger partial charge in [0.15, 0.2) is 0 Å². The molecule has 0 aliphatic rings. The van der Waals surface area contributed by atoms with E-state index in [1.165, 1.54) is 48.5 Å². The maximum Gasteiger partial charge on any atom is 0.282 e. The Morgan fingerprint density at radius 2 is 0.680 bits per heavy atom. The van der Waals surface area contributed by atoms with Crippen molar-refractivity contribution in [1.82, 2.24) is 4.90 Å². The smallest absolute Gasteiger partial charge is 0.282 e. The minimum Gasteiger partial charge on any atom is -0.395 e. The monoisotopic (exact) mass is 764 g/mol. The molecule has 0 aliphatic carbocycles. The van der Waals surface area contributed by atoms with E-state index in [0.29, 0.717) is 27.2 Å². The lowest BCUT2D eigenvalue weighted by Gasteiger charge is -2.50. The lowest BCUT2D eigenvalue weighted by atomic mass is 10.2. The zero-order valence-corrected chi connectivity index (χ0v) is 31.1. The number of nitrogens with zero attached hydrogens (tertiary/aromatic N) is 1. The number of aliphatic hydroxyl groups is 2. The molecule has 0 fully saturated rings. The fourth-order valence-electron chi connectivity index (χ4n) is 5.75. The summed E-state index contributed by atoms with van der Waals surface area (Å²) in [6, 6.07) is 18.6. The molecule has 270 valence electrons. The van der Waals surface area contributed by atoms with Gasteiger partial charge in [-0.2, -0.15) is 0 Å². The van der Waals surface area contributed by atoms with E-state index < -0.39 is 93.6 Å². The lowest BCUT2D eigenvalue weighted by molar-refractivity contribution is 0.124. The number of benzene rings is 4. The lowest BCUT2D eigenvalue weighted by Crippen LogP contribution is -2.80.